The molecular formula is C15H27NO3. The molecule has 0 aromatic carbocycles. The maximum Gasteiger partial charge on any atom is 0.320 e. The summed E-state index contributed by atoms with van der Waals surface area (Å²) in [5.74, 6) is -0.706. The van der Waals surface area contributed by atoms with Crippen molar-refractivity contribution in [2.24, 2.45) is 5.41 Å². The molecule has 2 aliphatic rings. The van der Waals surface area contributed by atoms with Crippen LogP contribution in [0.3, 0.4) is 0 Å². The third-order valence-electron chi connectivity index (χ3n) is 4.98. The van der Waals surface area contributed by atoms with E-state index < -0.39 is 5.97 Å². The maximum atomic E-state index is 11.3. The molecule has 0 radical (unpaired) electrons. The molecule has 0 aliphatic heterocycles. The Hall–Kier alpha value is -0.610. The van der Waals surface area contributed by atoms with E-state index in [9.17, 15) is 9.90 Å². The number of carboxylic acids is 1. The molecule has 2 fully saturated rings. The van der Waals surface area contributed by atoms with Gasteiger partial charge in [-0.2, -0.15) is 0 Å². The second-order valence-corrected chi connectivity index (χ2v) is 6.02. The Labute approximate surface area is 115 Å². The van der Waals surface area contributed by atoms with E-state index in [0.717, 1.165) is 32.3 Å². The van der Waals surface area contributed by atoms with Gasteiger partial charge in [0.25, 0.3) is 0 Å². The van der Waals surface area contributed by atoms with Crippen LogP contribution in [0.5, 0.6) is 0 Å². The van der Waals surface area contributed by atoms with E-state index in [-0.39, 0.29) is 11.5 Å². The number of unbranched alkanes of at least 4 members (excludes halogenated alkanes) is 1. The van der Waals surface area contributed by atoms with Gasteiger partial charge in [0.1, 0.15) is 6.04 Å². The Kier molecular flexibility index (Phi) is 4.85. The van der Waals surface area contributed by atoms with Crippen LogP contribution in [-0.4, -0.2) is 35.9 Å². The second-order valence-electron chi connectivity index (χ2n) is 6.02. The summed E-state index contributed by atoms with van der Waals surface area (Å²) in [6.07, 6.45) is 7.71. The lowest BCUT2D eigenvalue weighted by Crippen LogP contribution is -2.68. The number of carbonyl (C=O) groups is 1. The van der Waals surface area contributed by atoms with Crippen LogP contribution in [0, 0.1) is 5.41 Å². The van der Waals surface area contributed by atoms with Gasteiger partial charge in [0.05, 0.1) is 6.10 Å². The van der Waals surface area contributed by atoms with Gasteiger partial charge in [-0.25, -0.2) is 0 Å². The molecule has 0 aromatic rings. The lowest BCUT2D eigenvalue weighted by molar-refractivity contribution is -0.177. The fraction of sp³-hybridized carbons (Fsp3) is 0.933. The van der Waals surface area contributed by atoms with E-state index in [1.807, 2.05) is 6.92 Å². The van der Waals surface area contributed by atoms with Gasteiger partial charge < -0.3 is 15.2 Å². The first-order chi connectivity index (χ1) is 9.14. The SMILES string of the molecule is CCCCC(NC1CC(OCC)C12CCC2)C(=O)O. The van der Waals surface area contributed by atoms with Gasteiger partial charge in [-0.15, -0.1) is 0 Å². The first-order valence-corrected chi connectivity index (χ1v) is 7.74. The molecule has 0 amide bonds. The van der Waals surface area contributed by atoms with Crippen molar-refractivity contribution in [1.29, 1.82) is 0 Å². The van der Waals surface area contributed by atoms with Crippen LogP contribution in [0.25, 0.3) is 0 Å². The van der Waals surface area contributed by atoms with Gasteiger partial charge in [-0.05, 0) is 32.6 Å². The number of aliphatic carboxylic acids is 1. The summed E-state index contributed by atoms with van der Waals surface area (Å²) in [5.41, 5.74) is 0.246. The molecule has 2 saturated carbocycles. The summed E-state index contributed by atoms with van der Waals surface area (Å²) in [6, 6.07) is -0.0410. The van der Waals surface area contributed by atoms with E-state index >= 15 is 0 Å². The lowest BCUT2D eigenvalue weighted by atomic mass is 9.51. The van der Waals surface area contributed by atoms with Crippen LogP contribution in [0.15, 0.2) is 0 Å². The largest absolute Gasteiger partial charge is 0.480 e. The predicted molar refractivity (Wildman–Crippen MR) is 74.2 cm³/mol. The van der Waals surface area contributed by atoms with Crippen molar-refractivity contribution in [1.82, 2.24) is 5.32 Å². The monoisotopic (exact) mass is 269 g/mol. The molecule has 110 valence electrons. The standard InChI is InChI=1S/C15H27NO3/c1-3-5-7-11(14(17)18)16-12-10-13(19-4-2)15(12)8-6-9-15/h11-13,16H,3-10H2,1-2H3,(H,17,18). The Morgan fingerprint density at radius 3 is 2.68 bits per heavy atom. The molecule has 19 heavy (non-hydrogen) atoms. The van der Waals surface area contributed by atoms with Crippen LogP contribution >= 0.6 is 0 Å². The third-order valence-corrected chi connectivity index (χ3v) is 4.98. The topological polar surface area (TPSA) is 58.6 Å². The number of carboxylic acid groups (broad SMARTS) is 1. The molecule has 2 rings (SSSR count). The van der Waals surface area contributed by atoms with Gasteiger partial charge in [0, 0.05) is 18.1 Å². The zero-order valence-electron chi connectivity index (χ0n) is 12.2. The summed E-state index contributed by atoms with van der Waals surface area (Å²) < 4.78 is 5.80. The molecule has 2 aliphatic carbocycles. The summed E-state index contributed by atoms with van der Waals surface area (Å²) in [5, 5.41) is 12.7. The minimum absolute atomic E-state index is 0.246. The Morgan fingerprint density at radius 2 is 2.21 bits per heavy atom. The molecular weight excluding hydrogens is 242 g/mol. The van der Waals surface area contributed by atoms with E-state index in [4.69, 9.17) is 4.74 Å². The average molecular weight is 269 g/mol. The summed E-state index contributed by atoms with van der Waals surface area (Å²) in [6.45, 7) is 4.90. The van der Waals surface area contributed by atoms with Gasteiger partial charge >= 0.3 is 5.97 Å². The Balaban J connectivity index is 1.89. The molecule has 4 nitrogen and oxygen atoms in total. The van der Waals surface area contributed by atoms with E-state index in [1.54, 1.807) is 0 Å². The smallest absolute Gasteiger partial charge is 0.320 e. The highest BCUT2D eigenvalue weighted by atomic mass is 16.5. The molecule has 0 bridgehead atoms. The molecule has 3 unspecified atom stereocenters. The first kappa shape index (κ1) is 14.8. The highest BCUT2D eigenvalue weighted by Crippen LogP contribution is 2.57. The van der Waals surface area contributed by atoms with Crippen molar-refractivity contribution < 1.29 is 14.6 Å². The van der Waals surface area contributed by atoms with E-state index in [0.29, 0.717) is 12.1 Å². The van der Waals surface area contributed by atoms with E-state index in [1.165, 1.54) is 19.3 Å². The van der Waals surface area contributed by atoms with Crippen molar-refractivity contribution in [3.63, 3.8) is 0 Å². The number of hydrogen-bond donors (Lipinski definition) is 2. The normalized spacial score (nSPS) is 29.6. The third kappa shape index (κ3) is 2.79. The molecule has 0 aromatic heterocycles. The lowest BCUT2D eigenvalue weighted by Gasteiger charge is -2.61. The van der Waals surface area contributed by atoms with Crippen molar-refractivity contribution in [2.45, 2.75) is 77.0 Å². The fourth-order valence-electron chi connectivity index (χ4n) is 3.60. The predicted octanol–water partition coefficient (Wildman–Crippen LogP) is 2.57. The van der Waals surface area contributed by atoms with Crippen LogP contribution in [0.4, 0.5) is 0 Å². The van der Waals surface area contributed by atoms with E-state index in [2.05, 4.69) is 12.2 Å². The van der Waals surface area contributed by atoms with Crippen molar-refractivity contribution in [3.8, 4) is 0 Å². The van der Waals surface area contributed by atoms with Crippen LogP contribution in [-0.2, 0) is 9.53 Å². The highest BCUT2D eigenvalue weighted by Gasteiger charge is 2.59. The first-order valence-electron chi connectivity index (χ1n) is 7.74. The summed E-state index contributed by atoms with van der Waals surface area (Å²) in [4.78, 5) is 11.3. The van der Waals surface area contributed by atoms with Crippen molar-refractivity contribution >= 4 is 5.97 Å². The van der Waals surface area contributed by atoms with Crippen molar-refractivity contribution in [3.05, 3.63) is 0 Å². The number of rotatable bonds is 8. The highest BCUT2D eigenvalue weighted by molar-refractivity contribution is 5.73. The van der Waals surface area contributed by atoms with Gasteiger partial charge in [-0.1, -0.05) is 26.2 Å². The molecule has 3 atom stereocenters. The van der Waals surface area contributed by atoms with Crippen LogP contribution in [0.2, 0.25) is 0 Å². The van der Waals surface area contributed by atoms with Crippen LogP contribution in [0.1, 0.15) is 58.8 Å². The molecule has 4 heteroatoms. The maximum absolute atomic E-state index is 11.3. The molecule has 0 saturated heterocycles. The average Bonchev–Trinajstić information content (AvgIpc) is 2.29. The van der Waals surface area contributed by atoms with Crippen LogP contribution < -0.4 is 5.32 Å². The van der Waals surface area contributed by atoms with Gasteiger partial charge in [-0.3, -0.25) is 4.79 Å². The minimum Gasteiger partial charge on any atom is -0.480 e. The Bertz CT molecular complexity index is 315. The van der Waals surface area contributed by atoms with Crippen molar-refractivity contribution in [2.75, 3.05) is 6.61 Å². The second kappa shape index (κ2) is 6.23. The number of hydrogen-bond acceptors (Lipinski definition) is 3. The number of ether oxygens (including phenoxy) is 1. The zero-order valence-corrected chi connectivity index (χ0v) is 12.2. The van der Waals surface area contributed by atoms with Gasteiger partial charge in [0.2, 0.25) is 0 Å². The summed E-state index contributed by atoms with van der Waals surface area (Å²) in [7, 11) is 0. The molecule has 1 spiro atoms. The summed E-state index contributed by atoms with van der Waals surface area (Å²) >= 11 is 0. The number of nitrogens with one attached hydrogen (secondary N) is 1. The molecule has 0 heterocycles. The zero-order chi connectivity index (χ0) is 13.9. The molecule has 2 N–H and O–H groups in total. The Morgan fingerprint density at radius 1 is 1.47 bits per heavy atom. The van der Waals surface area contributed by atoms with Gasteiger partial charge in [0.15, 0.2) is 0 Å². The quantitative estimate of drug-likeness (QED) is 0.711. The minimum atomic E-state index is -0.706. The fourth-order valence-corrected chi connectivity index (χ4v) is 3.60.